The Labute approximate surface area is 150 Å². The van der Waals surface area contributed by atoms with Crippen LogP contribution in [0.5, 0.6) is 0 Å². The lowest BCUT2D eigenvalue weighted by Crippen LogP contribution is -2.38. The van der Waals surface area contributed by atoms with Gasteiger partial charge in [-0.15, -0.1) is 24.0 Å². The van der Waals surface area contributed by atoms with E-state index in [-0.39, 0.29) is 24.0 Å². The first-order chi connectivity index (χ1) is 10.3. The molecule has 0 fully saturated rings. The summed E-state index contributed by atoms with van der Waals surface area (Å²) in [6.45, 7) is 4.73. The molecular weight excluding hydrogens is 393 g/mol. The number of aliphatic hydroxyl groups excluding tert-OH is 1. The highest BCUT2D eigenvalue weighted by Crippen LogP contribution is 2.03. The molecule has 0 aliphatic carbocycles. The molecule has 0 aliphatic rings. The monoisotopic (exact) mass is 421 g/mol. The first-order valence-corrected chi connectivity index (χ1v) is 7.49. The van der Waals surface area contributed by atoms with E-state index < -0.39 is 6.10 Å². The largest absolute Gasteiger partial charge is 0.391 e. The number of halogens is 1. The molecule has 1 rings (SSSR count). The third kappa shape index (κ3) is 9.97. The minimum absolute atomic E-state index is 0. The number of benzene rings is 1. The molecule has 0 saturated carbocycles. The molecule has 22 heavy (non-hydrogen) atoms. The number of rotatable bonds is 9. The van der Waals surface area contributed by atoms with Gasteiger partial charge in [-0.05, 0) is 18.9 Å². The minimum atomic E-state index is -0.471. The summed E-state index contributed by atoms with van der Waals surface area (Å²) in [5.74, 6) is 0.737. The maximum atomic E-state index is 10.0. The second-order valence-corrected chi connectivity index (χ2v) is 4.84. The summed E-state index contributed by atoms with van der Waals surface area (Å²) < 4.78 is 5.01. The maximum absolute atomic E-state index is 10.0. The molecule has 0 spiro atoms. The van der Waals surface area contributed by atoms with Gasteiger partial charge in [-0.1, -0.05) is 30.3 Å². The Bertz CT molecular complexity index is 402. The zero-order valence-corrected chi connectivity index (χ0v) is 15.7. The fraction of sp³-hybridized carbons (Fsp3) is 0.562. The van der Waals surface area contributed by atoms with Crippen LogP contribution in [-0.4, -0.2) is 50.5 Å². The van der Waals surface area contributed by atoms with Gasteiger partial charge in [0.1, 0.15) is 0 Å². The van der Waals surface area contributed by atoms with Crippen LogP contribution in [0.3, 0.4) is 0 Å². The SMILES string of the molecule is CCNC(=NCC(O)Cc1ccccc1)NCCCOC.I. The number of guanidine groups is 1. The summed E-state index contributed by atoms with van der Waals surface area (Å²) in [4.78, 5) is 4.41. The Balaban J connectivity index is 0.00000441. The van der Waals surface area contributed by atoms with E-state index in [1.165, 1.54) is 0 Å². The first kappa shape index (κ1) is 21.1. The van der Waals surface area contributed by atoms with Gasteiger partial charge in [-0.2, -0.15) is 0 Å². The van der Waals surface area contributed by atoms with Crippen molar-refractivity contribution in [1.29, 1.82) is 0 Å². The lowest BCUT2D eigenvalue weighted by molar-refractivity contribution is 0.183. The van der Waals surface area contributed by atoms with Crippen molar-refractivity contribution < 1.29 is 9.84 Å². The lowest BCUT2D eigenvalue weighted by Gasteiger charge is -2.13. The first-order valence-electron chi connectivity index (χ1n) is 7.49. The number of methoxy groups -OCH3 is 1. The maximum Gasteiger partial charge on any atom is 0.191 e. The Morgan fingerprint density at radius 1 is 1.27 bits per heavy atom. The molecule has 0 bridgehead atoms. The van der Waals surface area contributed by atoms with E-state index in [9.17, 15) is 5.11 Å². The summed E-state index contributed by atoms with van der Waals surface area (Å²) in [7, 11) is 1.69. The Morgan fingerprint density at radius 3 is 2.64 bits per heavy atom. The van der Waals surface area contributed by atoms with Crippen LogP contribution in [0.1, 0.15) is 18.9 Å². The van der Waals surface area contributed by atoms with E-state index >= 15 is 0 Å². The topological polar surface area (TPSA) is 65.9 Å². The average molecular weight is 421 g/mol. The summed E-state index contributed by atoms with van der Waals surface area (Å²) in [6.07, 6.45) is 1.07. The molecule has 126 valence electrons. The summed E-state index contributed by atoms with van der Waals surface area (Å²) >= 11 is 0. The van der Waals surface area contributed by atoms with Crippen molar-refractivity contribution in [3.05, 3.63) is 35.9 Å². The molecule has 0 aromatic heterocycles. The molecular formula is C16H28IN3O2. The van der Waals surface area contributed by atoms with Gasteiger partial charge in [0.15, 0.2) is 5.96 Å². The van der Waals surface area contributed by atoms with Crippen molar-refractivity contribution in [2.75, 3.05) is 33.4 Å². The van der Waals surface area contributed by atoms with E-state index in [0.717, 1.165) is 37.6 Å². The molecule has 5 nitrogen and oxygen atoms in total. The number of nitrogens with one attached hydrogen (secondary N) is 2. The quantitative estimate of drug-likeness (QED) is 0.246. The van der Waals surface area contributed by atoms with Crippen LogP contribution < -0.4 is 10.6 Å². The highest BCUT2D eigenvalue weighted by atomic mass is 127. The Kier molecular flexibility index (Phi) is 13.2. The van der Waals surface area contributed by atoms with E-state index in [2.05, 4.69) is 15.6 Å². The molecule has 0 amide bonds. The highest BCUT2D eigenvalue weighted by Gasteiger charge is 2.05. The molecule has 0 aliphatic heterocycles. The van der Waals surface area contributed by atoms with Gasteiger partial charge in [0.25, 0.3) is 0 Å². The molecule has 1 aromatic rings. The van der Waals surface area contributed by atoms with Gasteiger partial charge in [0.05, 0.1) is 12.6 Å². The number of aliphatic imine (C=N–C) groups is 1. The van der Waals surface area contributed by atoms with Gasteiger partial charge in [-0.3, -0.25) is 4.99 Å². The Morgan fingerprint density at radius 2 is 2.00 bits per heavy atom. The van der Waals surface area contributed by atoms with Crippen molar-refractivity contribution in [3.8, 4) is 0 Å². The molecule has 1 unspecified atom stereocenters. The van der Waals surface area contributed by atoms with Gasteiger partial charge < -0.3 is 20.5 Å². The molecule has 0 heterocycles. The smallest absolute Gasteiger partial charge is 0.191 e. The molecule has 1 aromatic carbocycles. The third-order valence-corrected chi connectivity index (χ3v) is 2.94. The van der Waals surface area contributed by atoms with Crippen molar-refractivity contribution >= 4 is 29.9 Å². The zero-order valence-electron chi connectivity index (χ0n) is 13.4. The van der Waals surface area contributed by atoms with E-state index in [4.69, 9.17) is 4.74 Å². The fourth-order valence-corrected chi connectivity index (χ4v) is 1.91. The number of hydrogen-bond donors (Lipinski definition) is 3. The Hall–Kier alpha value is -0.860. The summed E-state index contributed by atoms with van der Waals surface area (Å²) in [5, 5.41) is 16.4. The molecule has 6 heteroatoms. The van der Waals surface area contributed by atoms with E-state index in [1.807, 2.05) is 37.3 Å². The predicted octanol–water partition coefficient (Wildman–Crippen LogP) is 1.80. The van der Waals surface area contributed by atoms with Crippen LogP contribution in [0.15, 0.2) is 35.3 Å². The summed E-state index contributed by atoms with van der Waals surface area (Å²) in [6, 6.07) is 9.96. The zero-order chi connectivity index (χ0) is 15.3. The molecule has 1 atom stereocenters. The van der Waals surface area contributed by atoms with Crippen molar-refractivity contribution in [2.45, 2.75) is 25.9 Å². The third-order valence-electron chi connectivity index (χ3n) is 2.94. The minimum Gasteiger partial charge on any atom is -0.391 e. The van der Waals surface area contributed by atoms with E-state index in [0.29, 0.717) is 13.0 Å². The predicted molar refractivity (Wildman–Crippen MR) is 102 cm³/mol. The van der Waals surface area contributed by atoms with Gasteiger partial charge in [0.2, 0.25) is 0 Å². The van der Waals surface area contributed by atoms with Crippen LogP contribution >= 0.6 is 24.0 Å². The fourth-order valence-electron chi connectivity index (χ4n) is 1.91. The van der Waals surface area contributed by atoms with Crippen LogP contribution in [0, 0.1) is 0 Å². The van der Waals surface area contributed by atoms with Crippen LogP contribution in [0.2, 0.25) is 0 Å². The second kappa shape index (κ2) is 13.8. The summed E-state index contributed by atoms with van der Waals surface area (Å²) in [5.41, 5.74) is 1.12. The number of ether oxygens (including phenoxy) is 1. The molecule has 0 radical (unpaired) electrons. The van der Waals surface area contributed by atoms with Crippen LogP contribution in [0.4, 0.5) is 0 Å². The lowest BCUT2D eigenvalue weighted by atomic mass is 10.1. The number of hydrogen-bond acceptors (Lipinski definition) is 3. The van der Waals surface area contributed by atoms with Gasteiger partial charge >= 0.3 is 0 Å². The van der Waals surface area contributed by atoms with Gasteiger partial charge in [-0.25, -0.2) is 0 Å². The average Bonchev–Trinajstić information content (AvgIpc) is 2.50. The number of nitrogens with zero attached hydrogens (tertiary/aromatic N) is 1. The van der Waals surface area contributed by atoms with E-state index in [1.54, 1.807) is 7.11 Å². The van der Waals surface area contributed by atoms with Crippen LogP contribution in [-0.2, 0) is 11.2 Å². The normalized spacial score (nSPS) is 12.4. The second-order valence-electron chi connectivity index (χ2n) is 4.84. The van der Waals surface area contributed by atoms with Gasteiger partial charge in [0, 0.05) is 33.2 Å². The highest BCUT2D eigenvalue weighted by molar-refractivity contribution is 14.0. The molecule has 3 N–H and O–H groups in total. The van der Waals surface area contributed by atoms with Crippen molar-refractivity contribution in [1.82, 2.24) is 10.6 Å². The van der Waals surface area contributed by atoms with Crippen molar-refractivity contribution in [2.24, 2.45) is 4.99 Å². The van der Waals surface area contributed by atoms with Crippen molar-refractivity contribution in [3.63, 3.8) is 0 Å². The number of aliphatic hydroxyl groups is 1. The molecule has 0 saturated heterocycles. The van der Waals surface area contributed by atoms with Crippen LogP contribution in [0.25, 0.3) is 0 Å². The standard InChI is InChI=1S/C16H27N3O2.HI/c1-3-17-16(18-10-7-11-21-2)19-13-15(20)12-14-8-5-4-6-9-14;/h4-6,8-9,15,20H,3,7,10-13H2,1-2H3,(H2,17,18,19);1H.